The molecule has 0 bridgehead atoms. The summed E-state index contributed by atoms with van der Waals surface area (Å²) < 4.78 is 0. The number of hydrogen-bond acceptors (Lipinski definition) is 6. The molecule has 4 N–H and O–H groups in total. The standard InChI is InChI=1S/C24H31N5O2/c1-23(2)11-15(12-24(3,4)29-23)9-22(31)20-8-7-19(27-28-20)18-6-5-16(10-21(18)30)17-13-25-26-14-17/h5-8,10,13-15,22,29-31H,9,11-12H2,1-4H3,(H,25,26). The van der Waals surface area contributed by atoms with E-state index in [0.29, 0.717) is 29.3 Å². The minimum absolute atomic E-state index is 0.0435. The van der Waals surface area contributed by atoms with Gasteiger partial charge in [0.05, 0.1) is 23.7 Å². The van der Waals surface area contributed by atoms with Crippen LogP contribution in [0.25, 0.3) is 22.4 Å². The smallest absolute Gasteiger partial charge is 0.125 e. The van der Waals surface area contributed by atoms with Crippen LogP contribution in [0.1, 0.15) is 58.8 Å². The van der Waals surface area contributed by atoms with Crippen molar-refractivity contribution in [2.45, 2.75) is 64.1 Å². The van der Waals surface area contributed by atoms with Crippen molar-refractivity contribution in [1.29, 1.82) is 0 Å². The Balaban J connectivity index is 1.47. The number of H-pyrrole nitrogens is 1. The molecule has 0 amide bonds. The number of aromatic amines is 1. The summed E-state index contributed by atoms with van der Waals surface area (Å²) in [5.41, 5.74) is 3.58. The molecule has 0 aliphatic carbocycles. The summed E-state index contributed by atoms with van der Waals surface area (Å²) in [6, 6.07) is 9.01. The molecule has 1 fully saturated rings. The van der Waals surface area contributed by atoms with E-state index < -0.39 is 6.10 Å². The van der Waals surface area contributed by atoms with Gasteiger partial charge in [-0.2, -0.15) is 15.3 Å². The summed E-state index contributed by atoms with van der Waals surface area (Å²) >= 11 is 0. The van der Waals surface area contributed by atoms with Crippen molar-refractivity contribution < 1.29 is 10.2 Å². The number of aromatic nitrogens is 4. The molecule has 7 nitrogen and oxygen atoms in total. The van der Waals surface area contributed by atoms with Crippen molar-refractivity contribution in [3.05, 3.63) is 48.4 Å². The van der Waals surface area contributed by atoms with Crippen molar-refractivity contribution in [2.24, 2.45) is 5.92 Å². The van der Waals surface area contributed by atoms with Gasteiger partial charge in [-0.25, -0.2) is 0 Å². The zero-order valence-corrected chi connectivity index (χ0v) is 18.6. The number of phenols is 1. The fourth-order valence-electron chi connectivity index (χ4n) is 5.14. The number of rotatable bonds is 5. The average Bonchev–Trinajstić information content (AvgIpc) is 3.20. The third-order valence-corrected chi connectivity index (χ3v) is 5.96. The number of aliphatic hydroxyl groups excluding tert-OH is 1. The van der Waals surface area contributed by atoms with Gasteiger partial charge >= 0.3 is 0 Å². The highest BCUT2D eigenvalue weighted by molar-refractivity contribution is 5.73. The predicted molar refractivity (Wildman–Crippen MR) is 120 cm³/mol. The first-order chi connectivity index (χ1) is 14.6. The van der Waals surface area contributed by atoms with Crippen LogP contribution in [0.3, 0.4) is 0 Å². The van der Waals surface area contributed by atoms with E-state index in [-0.39, 0.29) is 16.8 Å². The second kappa shape index (κ2) is 8.05. The van der Waals surface area contributed by atoms with Gasteiger partial charge in [-0.3, -0.25) is 5.10 Å². The Hall–Kier alpha value is -2.77. The lowest BCUT2D eigenvalue weighted by atomic mass is 9.74. The van der Waals surface area contributed by atoms with Crippen LogP contribution in [0.2, 0.25) is 0 Å². The summed E-state index contributed by atoms with van der Waals surface area (Å²) in [7, 11) is 0. The molecule has 0 spiro atoms. The monoisotopic (exact) mass is 421 g/mol. The molecule has 1 aliphatic rings. The maximum absolute atomic E-state index is 10.8. The van der Waals surface area contributed by atoms with Gasteiger partial charge in [0.2, 0.25) is 0 Å². The molecule has 2 aromatic heterocycles. The van der Waals surface area contributed by atoms with Crippen molar-refractivity contribution in [3.8, 4) is 28.1 Å². The van der Waals surface area contributed by atoms with Crippen LogP contribution in [-0.4, -0.2) is 41.7 Å². The van der Waals surface area contributed by atoms with Gasteiger partial charge < -0.3 is 15.5 Å². The lowest BCUT2D eigenvalue weighted by Crippen LogP contribution is -2.57. The third-order valence-electron chi connectivity index (χ3n) is 5.96. The Labute approximate surface area is 182 Å². The van der Waals surface area contributed by atoms with Crippen LogP contribution >= 0.6 is 0 Å². The summed E-state index contributed by atoms with van der Waals surface area (Å²) in [6.45, 7) is 8.86. The van der Waals surface area contributed by atoms with Crippen LogP contribution in [0.5, 0.6) is 5.75 Å². The fourth-order valence-corrected chi connectivity index (χ4v) is 5.14. The van der Waals surface area contributed by atoms with E-state index in [4.69, 9.17) is 0 Å². The SMILES string of the molecule is CC1(C)CC(CC(O)c2ccc(-c3ccc(-c4cn[nH]c4)cc3O)nn2)CC(C)(C)N1. The maximum Gasteiger partial charge on any atom is 0.125 e. The predicted octanol–water partition coefficient (Wildman–Crippen LogP) is 4.22. The average molecular weight is 422 g/mol. The normalized spacial score (nSPS) is 19.3. The van der Waals surface area contributed by atoms with Gasteiger partial charge in [0, 0.05) is 28.4 Å². The highest BCUT2D eigenvalue weighted by Crippen LogP contribution is 2.38. The van der Waals surface area contributed by atoms with Gasteiger partial charge in [0.25, 0.3) is 0 Å². The maximum atomic E-state index is 10.8. The van der Waals surface area contributed by atoms with E-state index in [9.17, 15) is 10.2 Å². The molecular weight excluding hydrogens is 390 g/mol. The van der Waals surface area contributed by atoms with Crippen LogP contribution in [0.15, 0.2) is 42.7 Å². The number of hydrogen-bond donors (Lipinski definition) is 4. The van der Waals surface area contributed by atoms with Gasteiger partial charge in [0.1, 0.15) is 5.75 Å². The highest BCUT2D eigenvalue weighted by Gasteiger charge is 2.38. The van der Waals surface area contributed by atoms with Crippen LogP contribution in [0.4, 0.5) is 0 Å². The van der Waals surface area contributed by atoms with Crippen molar-refractivity contribution in [3.63, 3.8) is 0 Å². The van der Waals surface area contributed by atoms with E-state index in [1.165, 1.54) is 0 Å². The topological polar surface area (TPSA) is 107 Å². The molecule has 3 heterocycles. The van der Waals surface area contributed by atoms with E-state index >= 15 is 0 Å². The van der Waals surface area contributed by atoms with E-state index in [0.717, 1.165) is 24.0 Å². The molecule has 1 aliphatic heterocycles. The van der Waals surface area contributed by atoms with Gasteiger partial charge in [-0.15, -0.1) is 0 Å². The molecule has 0 saturated carbocycles. The Kier molecular flexibility index (Phi) is 5.58. The second-order valence-electron chi connectivity index (χ2n) is 9.98. The Morgan fingerprint density at radius 2 is 1.77 bits per heavy atom. The molecule has 0 radical (unpaired) electrons. The van der Waals surface area contributed by atoms with Crippen molar-refractivity contribution >= 4 is 0 Å². The minimum Gasteiger partial charge on any atom is -0.507 e. The number of phenolic OH excluding ortho intramolecular Hbond substituents is 1. The first kappa shape index (κ1) is 21.5. The lowest BCUT2D eigenvalue weighted by molar-refractivity contribution is 0.0744. The molecular formula is C24H31N5O2. The Bertz CT molecular complexity index is 1010. The number of benzene rings is 1. The first-order valence-corrected chi connectivity index (χ1v) is 10.8. The zero-order valence-electron chi connectivity index (χ0n) is 18.6. The fraction of sp³-hybridized carbons (Fsp3) is 0.458. The quantitative estimate of drug-likeness (QED) is 0.491. The highest BCUT2D eigenvalue weighted by atomic mass is 16.3. The lowest BCUT2D eigenvalue weighted by Gasteiger charge is -2.47. The summed E-state index contributed by atoms with van der Waals surface area (Å²) in [4.78, 5) is 0. The van der Waals surface area contributed by atoms with Gasteiger partial charge in [-0.1, -0.05) is 6.07 Å². The summed E-state index contributed by atoms with van der Waals surface area (Å²) in [5, 5.41) is 40.2. The zero-order chi connectivity index (χ0) is 22.2. The van der Waals surface area contributed by atoms with Crippen LogP contribution < -0.4 is 5.32 Å². The molecule has 4 rings (SSSR count). The third kappa shape index (κ3) is 4.94. The van der Waals surface area contributed by atoms with E-state index in [1.54, 1.807) is 30.6 Å². The molecule has 3 aromatic rings. The summed E-state index contributed by atoms with van der Waals surface area (Å²) in [5.74, 6) is 0.530. The number of nitrogens with zero attached hydrogens (tertiary/aromatic N) is 3. The van der Waals surface area contributed by atoms with Crippen LogP contribution in [-0.2, 0) is 0 Å². The number of nitrogens with one attached hydrogen (secondary N) is 2. The summed E-state index contributed by atoms with van der Waals surface area (Å²) in [6.07, 6.45) is 5.50. The van der Waals surface area contributed by atoms with Crippen molar-refractivity contribution in [1.82, 2.24) is 25.7 Å². The minimum atomic E-state index is -0.659. The second-order valence-corrected chi connectivity index (χ2v) is 9.98. The molecule has 1 unspecified atom stereocenters. The first-order valence-electron chi connectivity index (χ1n) is 10.8. The van der Waals surface area contributed by atoms with Gasteiger partial charge in [0.15, 0.2) is 0 Å². The van der Waals surface area contributed by atoms with Crippen LogP contribution in [0, 0.1) is 5.92 Å². The van der Waals surface area contributed by atoms with Gasteiger partial charge in [-0.05, 0) is 82.7 Å². The molecule has 1 saturated heterocycles. The number of piperidine rings is 1. The molecule has 164 valence electrons. The molecule has 31 heavy (non-hydrogen) atoms. The molecule has 1 aromatic carbocycles. The molecule has 7 heteroatoms. The Morgan fingerprint density at radius 3 is 2.35 bits per heavy atom. The van der Waals surface area contributed by atoms with E-state index in [1.807, 2.05) is 12.1 Å². The van der Waals surface area contributed by atoms with E-state index in [2.05, 4.69) is 53.4 Å². The molecule has 1 atom stereocenters. The van der Waals surface area contributed by atoms with Crippen molar-refractivity contribution in [2.75, 3.05) is 0 Å². The number of aromatic hydroxyl groups is 1. The largest absolute Gasteiger partial charge is 0.507 e. The Morgan fingerprint density at radius 1 is 1.03 bits per heavy atom. The number of aliphatic hydroxyl groups is 1.